The molecule has 4 heteroatoms. The van der Waals surface area contributed by atoms with E-state index in [1.54, 1.807) is 12.3 Å². The molecule has 1 amide bonds. The van der Waals surface area contributed by atoms with Gasteiger partial charge in [-0.25, -0.2) is 4.98 Å². The summed E-state index contributed by atoms with van der Waals surface area (Å²) in [5, 5.41) is 2.75. The fourth-order valence-electron chi connectivity index (χ4n) is 1.68. The maximum Gasteiger partial charge on any atom is 0.229 e. The molecule has 0 spiro atoms. The Kier molecular flexibility index (Phi) is 4.50. The zero-order valence-corrected chi connectivity index (χ0v) is 10.8. The predicted octanol–water partition coefficient (Wildman–Crippen LogP) is 2.66. The average molecular weight is 256 g/mol. The molecule has 0 aliphatic rings. The van der Waals surface area contributed by atoms with Gasteiger partial charge in [0.1, 0.15) is 11.6 Å². The second-order valence-electron chi connectivity index (χ2n) is 4.02. The van der Waals surface area contributed by atoms with Crippen molar-refractivity contribution in [2.45, 2.75) is 13.3 Å². The Labute approximate surface area is 112 Å². The van der Waals surface area contributed by atoms with E-state index >= 15 is 0 Å². The number of rotatable bonds is 5. The van der Waals surface area contributed by atoms with E-state index in [9.17, 15) is 4.79 Å². The molecule has 98 valence electrons. The molecule has 2 aromatic rings. The Morgan fingerprint density at radius 3 is 2.63 bits per heavy atom. The van der Waals surface area contributed by atoms with E-state index in [2.05, 4.69) is 10.3 Å². The van der Waals surface area contributed by atoms with Crippen molar-refractivity contribution in [3.05, 3.63) is 54.2 Å². The molecular formula is C15H16N2O2. The van der Waals surface area contributed by atoms with Crippen LogP contribution in [0.5, 0.6) is 5.75 Å². The van der Waals surface area contributed by atoms with Crippen LogP contribution in [-0.4, -0.2) is 17.5 Å². The van der Waals surface area contributed by atoms with Gasteiger partial charge in [0.25, 0.3) is 0 Å². The van der Waals surface area contributed by atoms with E-state index in [1.165, 1.54) is 0 Å². The van der Waals surface area contributed by atoms with Crippen molar-refractivity contribution < 1.29 is 9.53 Å². The second kappa shape index (κ2) is 6.54. The van der Waals surface area contributed by atoms with Gasteiger partial charge in [-0.2, -0.15) is 0 Å². The highest BCUT2D eigenvalue weighted by atomic mass is 16.5. The Hall–Kier alpha value is -2.36. The summed E-state index contributed by atoms with van der Waals surface area (Å²) in [7, 11) is 0. The SMILES string of the molecule is CCOc1ccc(CC(=O)Nc2ccccn2)cc1. The molecule has 1 N–H and O–H groups in total. The number of hydrogen-bond donors (Lipinski definition) is 1. The van der Waals surface area contributed by atoms with Crippen LogP contribution in [0.15, 0.2) is 48.7 Å². The van der Waals surface area contributed by atoms with Crippen LogP contribution in [0.3, 0.4) is 0 Å². The molecule has 0 aliphatic carbocycles. The third-order valence-electron chi connectivity index (χ3n) is 2.53. The molecular weight excluding hydrogens is 240 g/mol. The number of nitrogens with one attached hydrogen (secondary N) is 1. The van der Waals surface area contributed by atoms with Crippen molar-refractivity contribution in [2.75, 3.05) is 11.9 Å². The Morgan fingerprint density at radius 1 is 1.21 bits per heavy atom. The Balaban J connectivity index is 1.91. The van der Waals surface area contributed by atoms with Crippen LogP contribution < -0.4 is 10.1 Å². The number of carbonyl (C=O) groups is 1. The molecule has 0 unspecified atom stereocenters. The van der Waals surface area contributed by atoms with Crippen LogP contribution in [0.25, 0.3) is 0 Å². The van der Waals surface area contributed by atoms with Crippen molar-refractivity contribution >= 4 is 11.7 Å². The van der Waals surface area contributed by atoms with Crippen LogP contribution >= 0.6 is 0 Å². The third kappa shape index (κ3) is 4.10. The Bertz CT molecular complexity index is 524. The zero-order chi connectivity index (χ0) is 13.5. The number of benzene rings is 1. The maximum absolute atomic E-state index is 11.8. The lowest BCUT2D eigenvalue weighted by atomic mass is 10.1. The lowest BCUT2D eigenvalue weighted by Crippen LogP contribution is -2.15. The van der Waals surface area contributed by atoms with Crippen molar-refractivity contribution in [3.8, 4) is 5.75 Å². The molecule has 1 aromatic carbocycles. The van der Waals surface area contributed by atoms with Gasteiger partial charge in [0, 0.05) is 6.20 Å². The highest BCUT2D eigenvalue weighted by molar-refractivity contribution is 5.91. The van der Waals surface area contributed by atoms with Crippen LogP contribution in [0.2, 0.25) is 0 Å². The molecule has 0 radical (unpaired) electrons. The van der Waals surface area contributed by atoms with E-state index in [1.807, 2.05) is 43.3 Å². The largest absolute Gasteiger partial charge is 0.494 e. The number of aromatic nitrogens is 1. The van der Waals surface area contributed by atoms with Crippen molar-refractivity contribution in [1.82, 2.24) is 4.98 Å². The number of amides is 1. The van der Waals surface area contributed by atoms with Crippen LogP contribution in [0.1, 0.15) is 12.5 Å². The normalized spacial score (nSPS) is 9.95. The third-order valence-corrected chi connectivity index (χ3v) is 2.53. The maximum atomic E-state index is 11.8. The zero-order valence-electron chi connectivity index (χ0n) is 10.8. The van der Waals surface area contributed by atoms with Crippen molar-refractivity contribution in [2.24, 2.45) is 0 Å². The molecule has 1 heterocycles. The summed E-state index contributed by atoms with van der Waals surface area (Å²) in [6.07, 6.45) is 1.97. The van der Waals surface area contributed by atoms with Gasteiger partial charge >= 0.3 is 0 Å². The van der Waals surface area contributed by atoms with Gasteiger partial charge in [-0.15, -0.1) is 0 Å². The monoisotopic (exact) mass is 256 g/mol. The lowest BCUT2D eigenvalue weighted by Gasteiger charge is -2.06. The van der Waals surface area contributed by atoms with Crippen LogP contribution in [0.4, 0.5) is 5.82 Å². The smallest absolute Gasteiger partial charge is 0.229 e. The topological polar surface area (TPSA) is 51.2 Å². The lowest BCUT2D eigenvalue weighted by molar-refractivity contribution is -0.115. The van der Waals surface area contributed by atoms with E-state index in [-0.39, 0.29) is 5.91 Å². The van der Waals surface area contributed by atoms with E-state index in [4.69, 9.17) is 4.74 Å². The van der Waals surface area contributed by atoms with E-state index in [0.717, 1.165) is 11.3 Å². The first-order chi connectivity index (χ1) is 9.28. The number of ether oxygens (including phenoxy) is 1. The molecule has 19 heavy (non-hydrogen) atoms. The quantitative estimate of drug-likeness (QED) is 0.894. The molecule has 0 atom stereocenters. The molecule has 0 saturated heterocycles. The highest BCUT2D eigenvalue weighted by Gasteiger charge is 2.04. The number of hydrogen-bond acceptors (Lipinski definition) is 3. The van der Waals surface area contributed by atoms with Crippen LogP contribution in [-0.2, 0) is 11.2 Å². The van der Waals surface area contributed by atoms with Gasteiger partial charge in [-0.05, 0) is 36.8 Å². The minimum Gasteiger partial charge on any atom is -0.494 e. The minimum atomic E-state index is -0.0807. The molecule has 0 aliphatic heterocycles. The molecule has 1 aromatic heterocycles. The molecule has 0 saturated carbocycles. The second-order valence-corrected chi connectivity index (χ2v) is 4.02. The van der Waals surface area contributed by atoms with Gasteiger partial charge in [0.15, 0.2) is 0 Å². The number of pyridine rings is 1. The summed E-state index contributed by atoms with van der Waals surface area (Å²) in [5.74, 6) is 1.30. The number of carbonyl (C=O) groups excluding carboxylic acids is 1. The number of nitrogens with zero attached hydrogens (tertiary/aromatic N) is 1. The summed E-state index contributed by atoms with van der Waals surface area (Å²) < 4.78 is 5.35. The molecule has 4 nitrogen and oxygen atoms in total. The van der Waals surface area contributed by atoms with E-state index < -0.39 is 0 Å². The predicted molar refractivity (Wildman–Crippen MR) is 74.2 cm³/mol. The summed E-state index contributed by atoms with van der Waals surface area (Å²) >= 11 is 0. The standard InChI is InChI=1S/C15H16N2O2/c1-2-19-13-8-6-12(7-9-13)11-15(18)17-14-5-3-4-10-16-14/h3-10H,2,11H2,1H3,(H,16,17,18). The van der Waals surface area contributed by atoms with Crippen molar-refractivity contribution in [1.29, 1.82) is 0 Å². The average Bonchev–Trinajstić information content (AvgIpc) is 2.42. The molecule has 0 bridgehead atoms. The molecule has 2 rings (SSSR count). The van der Waals surface area contributed by atoms with Crippen molar-refractivity contribution in [3.63, 3.8) is 0 Å². The first kappa shape index (κ1) is 13.1. The summed E-state index contributed by atoms with van der Waals surface area (Å²) in [6.45, 7) is 2.58. The van der Waals surface area contributed by atoms with Gasteiger partial charge < -0.3 is 10.1 Å². The fraction of sp³-hybridized carbons (Fsp3) is 0.200. The van der Waals surface area contributed by atoms with Crippen LogP contribution in [0, 0.1) is 0 Å². The van der Waals surface area contributed by atoms with Gasteiger partial charge in [-0.1, -0.05) is 18.2 Å². The van der Waals surface area contributed by atoms with E-state index in [0.29, 0.717) is 18.8 Å². The first-order valence-corrected chi connectivity index (χ1v) is 6.20. The first-order valence-electron chi connectivity index (χ1n) is 6.20. The highest BCUT2D eigenvalue weighted by Crippen LogP contribution is 2.13. The number of anilines is 1. The van der Waals surface area contributed by atoms with Gasteiger partial charge in [0.2, 0.25) is 5.91 Å². The summed E-state index contributed by atoms with van der Waals surface area (Å²) in [6, 6.07) is 12.9. The van der Waals surface area contributed by atoms with Gasteiger partial charge in [0.05, 0.1) is 13.0 Å². The summed E-state index contributed by atoms with van der Waals surface area (Å²) in [5.41, 5.74) is 0.942. The fourth-order valence-corrected chi connectivity index (χ4v) is 1.68. The van der Waals surface area contributed by atoms with Gasteiger partial charge in [-0.3, -0.25) is 4.79 Å². The summed E-state index contributed by atoms with van der Waals surface area (Å²) in [4.78, 5) is 15.9. The Morgan fingerprint density at radius 2 is 2.00 bits per heavy atom. The molecule has 0 fully saturated rings. The minimum absolute atomic E-state index is 0.0807.